The molecule has 0 bridgehead atoms. The van der Waals surface area contributed by atoms with Crippen LogP contribution in [0.1, 0.15) is 57.1 Å². The smallest absolute Gasteiger partial charge is 0.433 e. The van der Waals surface area contributed by atoms with E-state index in [1.165, 1.54) is 0 Å². The summed E-state index contributed by atoms with van der Waals surface area (Å²) in [5, 5.41) is 12.1. The maximum absolute atomic E-state index is 13.6. The summed E-state index contributed by atoms with van der Waals surface area (Å²) in [4.78, 5) is 19.7. The maximum atomic E-state index is 13.6. The number of fused-ring (bicyclic) bond motifs is 2. The van der Waals surface area contributed by atoms with E-state index in [4.69, 9.17) is 14.5 Å². The van der Waals surface area contributed by atoms with E-state index >= 15 is 0 Å². The Kier molecular flexibility index (Phi) is 8.96. The molecule has 0 spiro atoms. The predicted molar refractivity (Wildman–Crippen MR) is 161 cm³/mol. The number of ether oxygens (including phenoxy) is 2. The highest BCUT2D eigenvalue weighted by molar-refractivity contribution is 9.10. The average Bonchev–Trinajstić information content (AvgIpc) is 3.40. The number of azo groups is 1. The van der Waals surface area contributed by atoms with Gasteiger partial charge in [0, 0.05) is 22.2 Å². The highest BCUT2D eigenvalue weighted by atomic mass is 79.9. The third-order valence-corrected chi connectivity index (χ3v) is 7.48. The lowest BCUT2D eigenvalue weighted by Gasteiger charge is -2.32. The van der Waals surface area contributed by atoms with Gasteiger partial charge >= 0.3 is 12.3 Å². The van der Waals surface area contributed by atoms with Gasteiger partial charge in [0.25, 0.3) is 6.17 Å². The molecule has 9 nitrogen and oxygen atoms in total. The summed E-state index contributed by atoms with van der Waals surface area (Å²) in [5.41, 5.74) is 2.59. The second-order valence-corrected chi connectivity index (χ2v) is 12.4. The topological polar surface area (TPSA) is 92.0 Å². The van der Waals surface area contributed by atoms with Crippen molar-refractivity contribution in [1.29, 1.82) is 0 Å². The first-order chi connectivity index (χ1) is 20.8. The van der Waals surface area contributed by atoms with Gasteiger partial charge in [0.1, 0.15) is 12.2 Å². The number of nitrogens with zero attached hydrogens (tertiary/aromatic N) is 6. The number of amides is 1. The van der Waals surface area contributed by atoms with Crippen molar-refractivity contribution in [2.24, 2.45) is 15.3 Å². The van der Waals surface area contributed by atoms with Gasteiger partial charge in [0.2, 0.25) is 5.90 Å². The summed E-state index contributed by atoms with van der Waals surface area (Å²) < 4.78 is 53.5. The van der Waals surface area contributed by atoms with Gasteiger partial charge in [-0.25, -0.2) is 9.80 Å². The summed E-state index contributed by atoms with van der Waals surface area (Å²) in [6, 6.07) is 12.8. The molecule has 1 aliphatic carbocycles. The molecule has 0 saturated carbocycles. The fourth-order valence-corrected chi connectivity index (χ4v) is 5.32. The molecule has 3 heterocycles. The first-order valence-corrected chi connectivity index (χ1v) is 14.9. The molecule has 1 unspecified atom stereocenters. The minimum Gasteiger partial charge on any atom is -0.470 e. The van der Waals surface area contributed by atoms with E-state index in [1.807, 2.05) is 64.1 Å². The van der Waals surface area contributed by atoms with Crippen LogP contribution >= 0.6 is 15.9 Å². The zero-order chi connectivity index (χ0) is 31.6. The van der Waals surface area contributed by atoms with Gasteiger partial charge in [-0.1, -0.05) is 46.3 Å². The SMILES string of the molecule is CC(c1cccc(COC2=NN3C(=C4CC=CC=C24)N=N[C@H]3C(F)(F)F)n1)N(CCc1cccc(Br)c1)C(=O)OC(C)(C)C. The van der Waals surface area contributed by atoms with Crippen molar-refractivity contribution in [3.8, 4) is 0 Å². The summed E-state index contributed by atoms with van der Waals surface area (Å²) >= 11 is 3.49. The maximum Gasteiger partial charge on any atom is 0.433 e. The second kappa shape index (κ2) is 12.5. The molecular weight excluding hydrogens is 641 g/mol. The zero-order valence-corrected chi connectivity index (χ0v) is 26.3. The lowest BCUT2D eigenvalue weighted by Crippen LogP contribution is -2.40. The summed E-state index contributed by atoms with van der Waals surface area (Å²) in [6.07, 6.45) is -1.02. The van der Waals surface area contributed by atoms with Gasteiger partial charge < -0.3 is 9.47 Å². The van der Waals surface area contributed by atoms with Crippen LogP contribution in [0.15, 0.2) is 97.5 Å². The molecule has 13 heteroatoms. The molecule has 0 fully saturated rings. The van der Waals surface area contributed by atoms with Gasteiger partial charge in [0.05, 0.1) is 17.4 Å². The Morgan fingerprint density at radius 1 is 1.18 bits per heavy atom. The highest BCUT2D eigenvalue weighted by Gasteiger charge is 2.51. The largest absolute Gasteiger partial charge is 0.470 e. The molecule has 1 amide bonds. The number of halogens is 4. The summed E-state index contributed by atoms with van der Waals surface area (Å²) in [6.45, 7) is 7.64. The normalized spacial score (nSPS) is 18.4. The highest BCUT2D eigenvalue weighted by Crippen LogP contribution is 2.41. The van der Waals surface area contributed by atoms with Crippen LogP contribution < -0.4 is 0 Å². The van der Waals surface area contributed by atoms with Crippen molar-refractivity contribution >= 4 is 27.9 Å². The van der Waals surface area contributed by atoms with E-state index in [2.05, 4.69) is 31.3 Å². The Morgan fingerprint density at radius 2 is 1.95 bits per heavy atom. The lowest BCUT2D eigenvalue weighted by molar-refractivity contribution is -0.173. The number of allylic oxidation sites excluding steroid dienone is 3. The van der Waals surface area contributed by atoms with Gasteiger partial charge in [-0.15, -0.1) is 15.3 Å². The number of pyridine rings is 1. The Labute approximate surface area is 262 Å². The molecular formula is C31H32BrF3N6O3. The predicted octanol–water partition coefficient (Wildman–Crippen LogP) is 7.98. The lowest BCUT2D eigenvalue weighted by atomic mass is 9.96. The third kappa shape index (κ3) is 7.20. The fraction of sp³-hybridized carbons (Fsp3) is 0.387. The third-order valence-electron chi connectivity index (χ3n) is 6.99. The van der Waals surface area contributed by atoms with Crippen LogP contribution in [0, 0.1) is 0 Å². The van der Waals surface area contributed by atoms with Gasteiger partial charge in [-0.05, 0) is 76.4 Å². The summed E-state index contributed by atoms with van der Waals surface area (Å²) in [5.74, 6) is 0.0913. The molecule has 1 aromatic carbocycles. The van der Waals surface area contributed by atoms with E-state index in [1.54, 1.807) is 29.2 Å². The quantitative estimate of drug-likeness (QED) is 0.297. The molecule has 44 heavy (non-hydrogen) atoms. The zero-order valence-electron chi connectivity index (χ0n) is 24.7. The number of carbonyl (C=O) groups is 1. The Bertz CT molecular complexity index is 1580. The first kappa shape index (κ1) is 31.4. The number of hydrogen-bond donors (Lipinski definition) is 0. The van der Waals surface area contributed by atoms with E-state index in [0.717, 1.165) is 15.0 Å². The van der Waals surface area contributed by atoms with Crippen LogP contribution in [0.3, 0.4) is 0 Å². The minimum atomic E-state index is -4.66. The Morgan fingerprint density at radius 3 is 2.68 bits per heavy atom. The molecule has 232 valence electrons. The Balaban J connectivity index is 1.34. The first-order valence-electron chi connectivity index (χ1n) is 14.1. The summed E-state index contributed by atoms with van der Waals surface area (Å²) in [7, 11) is 0. The van der Waals surface area contributed by atoms with E-state index < -0.39 is 30.1 Å². The molecule has 0 radical (unpaired) electrons. The fourth-order valence-electron chi connectivity index (χ4n) is 4.87. The van der Waals surface area contributed by atoms with Crippen molar-refractivity contribution < 1.29 is 27.4 Å². The number of alkyl halides is 3. The molecule has 1 aromatic heterocycles. The van der Waals surface area contributed by atoms with Gasteiger partial charge in [-0.3, -0.25) is 9.88 Å². The standard InChI is InChI=1S/C31H32BrF3N6O3/c1-19(40(29(42)44-30(2,3)4)16-15-20-9-7-10-21(32)17-20)25-14-8-11-22(36-25)18-43-27-24-13-6-5-12-23(24)26-37-38-28(31(33,34)35)41(26)39-27/h5-11,13-14,17,19,28H,12,15-16,18H2,1-4H3/t19?,28-/m1/s1. The molecule has 2 aromatic rings. The van der Waals surface area contributed by atoms with Crippen LogP contribution in [0.5, 0.6) is 0 Å². The molecule has 3 aliphatic rings. The van der Waals surface area contributed by atoms with Crippen molar-refractivity contribution in [3.63, 3.8) is 0 Å². The van der Waals surface area contributed by atoms with Crippen LogP contribution in [0.4, 0.5) is 18.0 Å². The number of aromatic nitrogens is 1. The number of carbonyl (C=O) groups excluding carboxylic acids is 1. The monoisotopic (exact) mass is 672 g/mol. The van der Waals surface area contributed by atoms with E-state index in [0.29, 0.717) is 41.9 Å². The van der Waals surface area contributed by atoms with Crippen molar-refractivity contribution in [3.05, 3.63) is 99.1 Å². The molecule has 0 N–H and O–H groups in total. The van der Waals surface area contributed by atoms with Crippen LogP contribution in [0.25, 0.3) is 0 Å². The van der Waals surface area contributed by atoms with E-state index in [9.17, 15) is 18.0 Å². The number of hydrogen-bond acceptors (Lipinski definition) is 8. The van der Waals surface area contributed by atoms with Crippen molar-refractivity contribution in [2.45, 2.75) is 71.1 Å². The van der Waals surface area contributed by atoms with Crippen LogP contribution in [0.2, 0.25) is 0 Å². The Hall–Kier alpha value is -4.00. The van der Waals surface area contributed by atoms with Crippen LogP contribution in [-0.2, 0) is 22.5 Å². The van der Waals surface area contributed by atoms with Crippen LogP contribution in [-0.4, -0.2) is 51.4 Å². The minimum absolute atomic E-state index is 0.0271. The van der Waals surface area contributed by atoms with E-state index in [-0.39, 0.29) is 18.3 Å². The van der Waals surface area contributed by atoms with Crippen molar-refractivity contribution in [1.82, 2.24) is 14.9 Å². The van der Waals surface area contributed by atoms with Crippen molar-refractivity contribution in [2.75, 3.05) is 6.54 Å². The average molecular weight is 674 g/mol. The molecule has 5 rings (SSSR count). The van der Waals surface area contributed by atoms with Gasteiger partial charge in [0.15, 0.2) is 5.82 Å². The number of hydrazone groups is 1. The number of benzene rings is 1. The second-order valence-electron chi connectivity index (χ2n) is 11.5. The molecule has 2 atom stereocenters. The molecule has 2 aliphatic heterocycles. The number of rotatable bonds is 7. The molecule has 0 saturated heterocycles. The van der Waals surface area contributed by atoms with Gasteiger partial charge in [-0.2, -0.15) is 13.2 Å².